The van der Waals surface area contributed by atoms with Crippen molar-refractivity contribution < 1.29 is 9.18 Å². The van der Waals surface area contributed by atoms with E-state index in [9.17, 15) is 4.79 Å². The monoisotopic (exact) mass is 296 g/mol. The molecule has 0 heterocycles. The predicted molar refractivity (Wildman–Crippen MR) is 86.6 cm³/mol. The Balaban J connectivity index is 1.96. The summed E-state index contributed by atoms with van der Waals surface area (Å²) in [4.78, 5) is 12.9. The van der Waals surface area contributed by atoms with Gasteiger partial charge in [-0.2, -0.15) is 0 Å². The minimum absolute atomic E-state index is 0.296. The van der Waals surface area contributed by atoms with Crippen molar-refractivity contribution in [1.82, 2.24) is 0 Å². The summed E-state index contributed by atoms with van der Waals surface area (Å²) in [5.41, 5.74) is -0.986. The largest absolute Gasteiger partial charge is 0.290 e. The molecule has 0 spiro atoms. The Labute approximate surface area is 131 Å². The van der Waals surface area contributed by atoms with Gasteiger partial charge in [-0.3, -0.25) is 4.79 Å². The highest BCUT2D eigenvalue weighted by Crippen LogP contribution is 2.41. The van der Waals surface area contributed by atoms with Gasteiger partial charge in [0.2, 0.25) is 5.78 Å². The molecule has 0 bridgehead atoms. The first-order chi connectivity index (χ1) is 10.7. The second-order valence-corrected chi connectivity index (χ2v) is 6.22. The summed E-state index contributed by atoms with van der Waals surface area (Å²) in [7, 11) is 0. The quantitative estimate of drug-likeness (QED) is 0.683. The molecule has 0 radical (unpaired) electrons. The number of Topliss-reactive ketones (excluding diaryl/α,β-unsaturated/α-hetero) is 1. The molecule has 1 saturated carbocycles. The molecule has 1 nitrogen and oxygen atoms in total. The number of carbonyl (C=O) groups excluding carboxylic acids is 1. The average molecular weight is 296 g/mol. The Morgan fingerprint density at radius 1 is 0.955 bits per heavy atom. The molecule has 114 valence electrons. The van der Waals surface area contributed by atoms with E-state index in [-0.39, 0.29) is 0 Å². The Morgan fingerprint density at radius 3 is 2.09 bits per heavy atom. The van der Waals surface area contributed by atoms with E-state index in [4.69, 9.17) is 0 Å². The van der Waals surface area contributed by atoms with Gasteiger partial charge < -0.3 is 0 Å². The van der Waals surface area contributed by atoms with Gasteiger partial charge in [0.05, 0.1) is 0 Å². The Morgan fingerprint density at radius 2 is 1.50 bits per heavy atom. The molecule has 0 amide bonds. The van der Waals surface area contributed by atoms with Crippen molar-refractivity contribution in [3.05, 3.63) is 71.8 Å². The van der Waals surface area contributed by atoms with Crippen molar-refractivity contribution in [2.75, 3.05) is 0 Å². The van der Waals surface area contributed by atoms with Crippen LogP contribution in [-0.2, 0) is 5.67 Å². The third-order valence-electron chi connectivity index (χ3n) is 4.67. The summed E-state index contributed by atoms with van der Waals surface area (Å²) in [6, 6.07) is 17.7. The molecule has 22 heavy (non-hydrogen) atoms. The summed E-state index contributed by atoms with van der Waals surface area (Å²) in [6.07, 6.45) is 4.65. The van der Waals surface area contributed by atoms with Gasteiger partial charge in [0.25, 0.3) is 0 Å². The Hall–Kier alpha value is -1.96. The molecule has 1 fully saturated rings. The van der Waals surface area contributed by atoms with Crippen LogP contribution in [0.4, 0.5) is 4.39 Å². The van der Waals surface area contributed by atoms with Gasteiger partial charge in [0.15, 0.2) is 5.67 Å². The van der Waals surface area contributed by atoms with Gasteiger partial charge >= 0.3 is 0 Å². The molecule has 2 aromatic rings. The fourth-order valence-electron chi connectivity index (χ4n) is 3.47. The summed E-state index contributed by atoms with van der Waals surface area (Å²) < 4.78 is 15.9. The van der Waals surface area contributed by atoms with Crippen LogP contribution in [0.5, 0.6) is 0 Å². The van der Waals surface area contributed by atoms with E-state index >= 15 is 4.39 Å². The summed E-state index contributed by atoms with van der Waals surface area (Å²) in [5, 5.41) is 0. The lowest BCUT2D eigenvalue weighted by atomic mass is 9.80. The number of halogens is 1. The summed E-state index contributed by atoms with van der Waals surface area (Å²) in [5.74, 6) is -0.107. The maximum atomic E-state index is 15.9. The number of carbonyl (C=O) groups is 1. The van der Waals surface area contributed by atoms with Crippen LogP contribution in [0.1, 0.15) is 48.0 Å². The molecule has 1 atom stereocenters. The number of hydrogen-bond donors (Lipinski definition) is 0. The Bertz CT molecular complexity index is 617. The number of hydrogen-bond acceptors (Lipinski definition) is 1. The van der Waals surface area contributed by atoms with Gasteiger partial charge in [0.1, 0.15) is 0 Å². The van der Waals surface area contributed by atoms with Crippen LogP contribution in [0.25, 0.3) is 0 Å². The highest BCUT2D eigenvalue weighted by Gasteiger charge is 2.43. The maximum Gasteiger partial charge on any atom is 0.204 e. The minimum atomic E-state index is -1.92. The first-order valence-electron chi connectivity index (χ1n) is 8.04. The zero-order chi connectivity index (χ0) is 15.4. The Kier molecular flexibility index (Phi) is 4.37. The fraction of sp³-hybridized carbons (Fsp3) is 0.350. The van der Waals surface area contributed by atoms with Gasteiger partial charge in [-0.05, 0) is 17.9 Å². The summed E-state index contributed by atoms with van der Waals surface area (Å²) >= 11 is 0. The highest BCUT2D eigenvalue weighted by atomic mass is 19.1. The summed E-state index contributed by atoms with van der Waals surface area (Å²) in [6.45, 7) is 0. The molecule has 3 rings (SSSR count). The van der Waals surface area contributed by atoms with E-state index < -0.39 is 11.5 Å². The fourth-order valence-corrected chi connectivity index (χ4v) is 3.47. The predicted octanol–water partition coefficient (Wildman–Crippen LogP) is 5.31. The van der Waals surface area contributed by atoms with Crippen LogP contribution >= 0.6 is 0 Å². The first kappa shape index (κ1) is 15.0. The van der Waals surface area contributed by atoms with Crippen molar-refractivity contribution in [1.29, 1.82) is 0 Å². The molecule has 0 saturated heterocycles. The van der Waals surface area contributed by atoms with Crippen molar-refractivity contribution in [3.63, 3.8) is 0 Å². The van der Waals surface area contributed by atoms with Crippen LogP contribution in [0.15, 0.2) is 60.7 Å². The molecular weight excluding hydrogens is 275 g/mol. The first-order valence-corrected chi connectivity index (χ1v) is 8.04. The zero-order valence-electron chi connectivity index (χ0n) is 12.7. The molecule has 1 aliphatic rings. The van der Waals surface area contributed by atoms with Gasteiger partial charge in [-0.25, -0.2) is 4.39 Å². The molecule has 0 aromatic heterocycles. The molecule has 0 unspecified atom stereocenters. The van der Waals surface area contributed by atoms with Gasteiger partial charge in [-0.1, -0.05) is 86.3 Å². The normalized spacial score (nSPS) is 18.0. The third kappa shape index (κ3) is 2.96. The molecule has 1 aliphatic carbocycles. The van der Waals surface area contributed by atoms with E-state index in [1.165, 1.54) is 0 Å². The van der Waals surface area contributed by atoms with Crippen LogP contribution in [0, 0.1) is 5.92 Å². The van der Waals surface area contributed by atoms with Crippen molar-refractivity contribution in [2.24, 2.45) is 5.92 Å². The highest BCUT2D eigenvalue weighted by molar-refractivity contribution is 6.02. The van der Waals surface area contributed by atoms with E-state index in [1.807, 2.05) is 12.1 Å². The lowest BCUT2D eigenvalue weighted by Gasteiger charge is -2.27. The van der Waals surface area contributed by atoms with Gasteiger partial charge in [-0.15, -0.1) is 0 Å². The smallest absolute Gasteiger partial charge is 0.204 e. The topological polar surface area (TPSA) is 17.1 Å². The van der Waals surface area contributed by atoms with E-state index in [2.05, 4.69) is 0 Å². The molecule has 0 aliphatic heterocycles. The van der Waals surface area contributed by atoms with Crippen molar-refractivity contribution >= 4 is 5.78 Å². The van der Waals surface area contributed by atoms with E-state index in [0.717, 1.165) is 25.7 Å². The molecule has 2 heteroatoms. The average Bonchev–Trinajstić information content (AvgIpc) is 3.08. The molecular formula is C20H21FO. The number of ketones is 1. The lowest BCUT2D eigenvalue weighted by Crippen LogP contribution is -2.33. The SMILES string of the molecule is O=C(c1ccccc1)[C@](F)(CC1CCCC1)c1ccccc1. The number of alkyl halides is 1. The van der Waals surface area contributed by atoms with Crippen LogP contribution in [0.2, 0.25) is 0 Å². The minimum Gasteiger partial charge on any atom is -0.290 e. The van der Waals surface area contributed by atoms with Crippen molar-refractivity contribution in [2.45, 2.75) is 37.8 Å². The molecule has 2 aromatic carbocycles. The van der Waals surface area contributed by atoms with Crippen LogP contribution in [-0.4, -0.2) is 5.78 Å². The lowest BCUT2D eigenvalue weighted by molar-refractivity contribution is 0.0602. The van der Waals surface area contributed by atoms with E-state index in [1.54, 1.807) is 48.5 Å². The van der Waals surface area contributed by atoms with Crippen LogP contribution in [0.3, 0.4) is 0 Å². The standard InChI is InChI=1S/C20H21FO/c21-20(15-16-9-7-8-10-16,18-13-5-2-6-14-18)19(22)17-11-3-1-4-12-17/h1-6,11-14,16H,7-10,15H2/t20-/m0/s1. The van der Waals surface area contributed by atoms with Crippen LogP contribution < -0.4 is 0 Å². The van der Waals surface area contributed by atoms with Crippen molar-refractivity contribution in [3.8, 4) is 0 Å². The second-order valence-electron chi connectivity index (χ2n) is 6.22. The van der Waals surface area contributed by atoms with Gasteiger partial charge in [0, 0.05) is 5.56 Å². The zero-order valence-corrected chi connectivity index (χ0v) is 12.7. The number of benzene rings is 2. The third-order valence-corrected chi connectivity index (χ3v) is 4.67. The maximum absolute atomic E-state index is 15.9. The number of rotatable bonds is 5. The van der Waals surface area contributed by atoms with E-state index in [0.29, 0.717) is 23.5 Å². The molecule has 0 N–H and O–H groups in total. The second kappa shape index (κ2) is 6.43.